The molecule has 0 fully saturated rings. The molecule has 0 spiro atoms. The van der Waals surface area contributed by atoms with Crippen molar-refractivity contribution in [3.8, 4) is 0 Å². The van der Waals surface area contributed by atoms with Crippen LogP contribution in [0.2, 0.25) is 0 Å². The number of carbonyl (C=O) groups is 2. The molecule has 5 nitrogen and oxygen atoms in total. The second-order valence-electron chi connectivity index (χ2n) is 6.01. The number of amides is 2. The van der Waals surface area contributed by atoms with Crippen LogP contribution in [0.5, 0.6) is 0 Å². The Hall–Kier alpha value is -2.14. The molecule has 1 aliphatic rings. The molecule has 0 aromatic heterocycles. The number of nitrogens with two attached hydrogens (primary N) is 1. The van der Waals surface area contributed by atoms with Gasteiger partial charge in [0.15, 0.2) is 0 Å². The highest BCUT2D eigenvalue weighted by Crippen LogP contribution is 2.22. The number of nitrogens with one attached hydrogen (secondary N) is 1. The summed E-state index contributed by atoms with van der Waals surface area (Å²) in [5.41, 5.74) is 7.97. The van der Waals surface area contributed by atoms with Gasteiger partial charge < -0.3 is 16.0 Å². The zero-order valence-corrected chi connectivity index (χ0v) is 13.8. The van der Waals surface area contributed by atoms with Crippen molar-refractivity contribution in [3.63, 3.8) is 0 Å². The first-order chi connectivity index (χ1) is 11.0. The maximum Gasteiger partial charge on any atom is 0.246 e. The number of hydrogen-bond donors (Lipinski definition) is 2. The molecule has 0 saturated heterocycles. The lowest BCUT2D eigenvalue weighted by atomic mass is 10.1. The van der Waals surface area contributed by atoms with Gasteiger partial charge in [-0.25, -0.2) is 0 Å². The van der Waals surface area contributed by atoms with E-state index in [0.29, 0.717) is 13.1 Å². The third kappa shape index (κ3) is 4.66. The monoisotopic (exact) mass is 315 g/mol. The first-order valence-corrected chi connectivity index (χ1v) is 8.11. The van der Waals surface area contributed by atoms with Crippen molar-refractivity contribution in [1.82, 2.24) is 10.2 Å². The van der Waals surface area contributed by atoms with Crippen molar-refractivity contribution >= 4 is 11.8 Å². The lowest BCUT2D eigenvalue weighted by Crippen LogP contribution is -2.43. The quantitative estimate of drug-likeness (QED) is 0.785. The number of carbonyl (C=O) groups excluding carboxylic acids is 2. The average Bonchev–Trinajstić information content (AvgIpc) is 2.96. The molecule has 0 radical (unpaired) electrons. The van der Waals surface area contributed by atoms with E-state index < -0.39 is 6.04 Å². The molecule has 1 aliphatic heterocycles. The van der Waals surface area contributed by atoms with Crippen LogP contribution in [0.4, 0.5) is 0 Å². The van der Waals surface area contributed by atoms with E-state index >= 15 is 0 Å². The van der Waals surface area contributed by atoms with Crippen LogP contribution >= 0.6 is 0 Å². The summed E-state index contributed by atoms with van der Waals surface area (Å²) in [6.07, 6.45) is 5.03. The van der Waals surface area contributed by atoms with Gasteiger partial charge in [0.1, 0.15) is 0 Å². The molecule has 1 heterocycles. The molecule has 3 N–H and O–H groups in total. The largest absolute Gasteiger partial charge is 0.349 e. The molecule has 0 saturated carbocycles. The minimum absolute atomic E-state index is 0.0302. The SMILES string of the molecule is CCC[C@@H](/C=C/C(=O)N1Cc2ccccc2C1)NC(=O)[C@H](C)N. The van der Waals surface area contributed by atoms with E-state index in [0.717, 1.165) is 12.8 Å². The third-order valence-electron chi connectivity index (χ3n) is 3.96. The summed E-state index contributed by atoms with van der Waals surface area (Å²) >= 11 is 0. The topological polar surface area (TPSA) is 75.4 Å². The van der Waals surface area contributed by atoms with E-state index in [-0.39, 0.29) is 17.9 Å². The number of benzene rings is 1. The van der Waals surface area contributed by atoms with Gasteiger partial charge in [0.2, 0.25) is 11.8 Å². The number of hydrogen-bond acceptors (Lipinski definition) is 3. The van der Waals surface area contributed by atoms with Gasteiger partial charge in [0.05, 0.1) is 6.04 Å². The van der Waals surface area contributed by atoms with Crippen molar-refractivity contribution < 1.29 is 9.59 Å². The molecule has 2 atom stereocenters. The normalized spacial score (nSPS) is 16.2. The molecule has 124 valence electrons. The summed E-state index contributed by atoms with van der Waals surface area (Å²) in [7, 11) is 0. The van der Waals surface area contributed by atoms with Crippen LogP contribution in [0.25, 0.3) is 0 Å². The Kier molecular flexibility index (Phi) is 5.93. The van der Waals surface area contributed by atoms with Gasteiger partial charge in [0.25, 0.3) is 0 Å². The fraction of sp³-hybridized carbons (Fsp3) is 0.444. The lowest BCUT2D eigenvalue weighted by molar-refractivity contribution is -0.126. The van der Waals surface area contributed by atoms with Crippen molar-refractivity contribution in [3.05, 3.63) is 47.5 Å². The van der Waals surface area contributed by atoms with Gasteiger partial charge in [-0.1, -0.05) is 43.7 Å². The maximum absolute atomic E-state index is 12.3. The van der Waals surface area contributed by atoms with E-state index in [1.165, 1.54) is 11.1 Å². The second-order valence-corrected chi connectivity index (χ2v) is 6.01. The average molecular weight is 315 g/mol. The van der Waals surface area contributed by atoms with Crippen molar-refractivity contribution in [2.24, 2.45) is 5.73 Å². The number of nitrogens with zero attached hydrogens (tertiary/aromatic N) is 1. The third-order valence-corrected chi connectivity index (χ3v) is 3.96. The smallest absolute Gasteiger partial charge is 0.246 e. The minimum atomic E-state index is -0.550. The van der Waals surface area contributed by atoms with Gasteiger partial charge in [-0.05, 0) is 24.5 Å². The molecule has 0 aliphatic carbocycles. The summed E-state index contributed by atoms with van der Waals surface area (Å²) in [5, 5.41) is 2.86. The first-order valence-electron chi connectivity index (χ1n) is 8.11. The summed E-state index contributed by atoms with van der Waals surface area (Å²) in [6, 6.07) is 7.37. The summed E-state index contributed by atoms with van der Waals surface area (Å²) < 4.78 is 0. The van der Waals surface area contributed by atoms with Crippen LogP contribution in [0.1, 0.15) is 37.8 Å². The zero-order chi connectivity index (χ0) is 16.8. The Morgan fingerprint density at radius 2 is 1.91 bits per heavy atom. The van der Waals surface area contributed by atoms with E-state index in [1.54, 1.807) is 24.0 Å². The molecule has 2 amide bonds. The molecule has 5 heteroatoms. The van der Waals surface area contributed by atoms with Crippen LogP contribution < -0.4 is 11.1 Å². The van der Waals surface area contributed by atoms with Crippen LogP contribution in [0.15, 0.2) is 36.4 Å². The lowest BCUT2D eigenvalue weighted by Gasteiger charge is -2.17. The van der Waals surface area contributed by atoms with Gasteiger partial charge in [-0.2, -0.15) is 0 Å². The highest BCUT2D eigenvalue weighted by molar-refractivity contribution is 5.88. The van der Waals surface area contributed by atoms with Crippen LogP contribution in [0, 0.1) is 0 Å². The first kappa shape index (κ1) is 17.2. The Labute approximate surface area is 137 Å². The molecule has 1 aromatic carbocycles. The fourth-order valence-corrected chi connectivity index (χ4v) is 2.63. The predicted molar refractivity (Wildman–Crippen MR) is 90.3 cm³/mol. The molecule has 0 bridgehead atoms. The fourth-order valence-electron chi connectivity index (χ4n) is 2.63. The van der Waals surface area contributed by atoms with E-state index in [1.807, 2.05) is 19.1 Å². The minimum Gasteiger partial charge on any atom is -0.349 e. The summed E-state index contributed by atoms with van der Waals surface area (Å²) in [4.78, 5) is 25.9. The maximum atomic E-state index is 12.3. The van der Waals surface area contributed by atoms with Crippen LogP contribution in [-0.4, -0.2) is 28.8 Å². The Morgan fingerprint density at radius 1 is 1.30 bits per heavy atom. The summed E-state index contributed by atoms with van der Waals surface area (Å²) in [6.45, 7) is 4.97. The molecular weight excluding hydrogens is 290 g/mol. The Morgan fingerprint density at radius 3 is 2.43 bits per heavy atom. The number of rotatable bonds is 6. The molecule has 2 rings (SSSR count). The van der Waals surface area contributed by atoms with Crippen molar-refractivity contribution in [1.29, 1.82) is 0 Å². The van der Waals surface area contributed by atoms with Gasteiger partial charge in [-0.15, -0.1) is 0 Å². The van der Waals surface area contributed by atoms with E-state index in [9.17, 15) is 9.59 Å². The number of fused-ring (bicyclic) bond motifs is 1. The van der Waals surface area contributed by atoms with Gasteiger partial charge >= 0.3 is 0 Å². The predicted octanol–water partition coefficient (Wildman–Crippen LogP) is 1.72. The van der Waals surface area contributed by atoms with Crippen molar-refractivity contribution in [2.75, 3.05) is 0 Å². The van der Waals surface area contributed by atoms with Crippen molar-refractivity contribution in [2.45, 2.75) is 51.9 Å². The van der Waals surface area contributed by atoms with E-state index in [2.05, 4.69) is 17.4 Å². The Bertz CT molecular complexity index is 571. The molecule has 1 aromatic rings. The molecule has 23 heavy (non-hydrogen) atoms. The molecular formula is C18H25N3O2. The van der Waals surface area contributed by atoms with Crippen LogP contribution in [0.3, 0.4) is 0 Å². The highest BCUT2D eigenvalue weighted by atomic mass is 16.2. The van der Waals surface area contributed by atoms with E-state index in [4.69, 9.17) is 5.73 Å². The summed E-state index contributed by atoms with van der Waals surface area (Å²) in [5.74, 6) is -0.230. The standard InChI is InChI=1S/C18H25N3O2/c1-3-6-16(20-18(23)13(2)19)9-10-17(22)21-11-14-7-4-5-8-15(14)12-21/h4-5,7-10,13,16H,3,6,11-12,19H2,1-2H3,(H,20,23)/b10-9+/t13-,16-/m0/s1. The van der Waals surface area contributed by atoms with Gasteiger partial charge in [0, 0.05) is 25.2 Å². The zero-order valence-electron chi connectivity index (χ0n) is 13.8. The second kappa shape index (κ2) is 7.92. The highest BCUT2D eigenvalue weighted by Gasteiger charge is 2.21. The van der Waals surface area contributed by atoms with Gasteiger partial charge in [-0.3, -0.25) is 9.59 Å². The van der Waals surface area contributed by atoms with Crippen LogP contribution in [-0.2, 0) is 22.7 Å². The molecule has 0 unspecified atom stereocenters. The Balaban J connectivity index is 1.95.